The van der Waals surface area contributed by atoms with E-state index in [9.17, 15) is 4.39 Å². The van der Waals surface area contributed by atoms with E-state index in [1.807, 2.05) is 19.2 Å². The predicted molar refractivity (Wildman–Crippen MR) is 98.6 cm³/mol. The van der Waals surface area contributed by atoms with Crippen LogP contribution in [0.2, 0.25) is 0 Å². The van der Waals surface area contributed by atoms with Crippen LogP contribution >= 0.6 is 0 Å². The Kier molecular flexibility index (Phi) is 4.61. The molecule has 0 spiro atoms. The first-order valence-electron chi connectivity index (χ1n) is 9.28. The standard InChI is InChI=1S/C19H25FN6/c1-21-18(26-10-6-14(7-11-26)17-23-13-24-25-17)22-12-19(8-9-19)15-4-2-3-5-16(15)20/h2-5,13-14H,6-12H2,1H3,(H,21,22)(H,23,24,25). The number of nitrogens with zero attached hydrogens (tertiary/aromatic N) is 4. The van der Waals surface area contributed by atoms with E-state index in [1.54, 1.807) is 18.5 Å². The summed E-state index contributed by atoms with van der Waals surface area (Å²) in [5.41, 5.74) is 0.742. The second-order valence-electron chi connectivity index (χ2n) is 7.29. The summed E-state index contributed by atoms with van der Waals surface area (Å²) in [6, 6.07) is 7.13. The molecule has 1 aliphatic carbocycles. The van der Waals surface area contributed by atoms with E-state index < -0.39 is 0 Å². The molecule has 2 aliphatic rings. The molecule has 0 bridgehead atoms. The Balaban J connectivity index is 1.35. The zero-order valence-electron chi connectivity index (χ0n) is 15.1. The van der Waals surface area contributed by atoms with Crippen LogP contribution in [0.25, 0.3) is 0 Å². The number of halogens is 1. The van der Waals surface area contributed by atoms with Gasteiger partial charge in [-0.05, 0) is 37.3 Å². The molecule has 7 heteroatoms. The smallest absolute Gasteiger partial charge is 0.193 e. The third kappa shape index (κ3) is 3.30. The van der Waals surface area contributed by atoms with Gasteiger partial charge in [0, 0.05) is 38.0 Å². The lowest BCUT2D eigenvalue weighted by atomic mass is 9.95. The second-order valence-corrected chi connectivity index (χ2v) is 7.29. The van der Waals surface area contributed by atoms with Crippen molar-refractivity contribution in [3.05, 3.63) is 47.8 Å². The van der Waals surface area contributed by atoms with Crippen molar-refractivity contribution >= 4 is 5.96 Å². The van der Waals surface area contributed by atoms with Crippen LogP contribution < -0.4 is 5.32 Å². The van der Waals surface area contributed by atoms with Gasteiger partial charge in [0.2, 0.25) is 0 Å². The second kappa shape index (κ2) is 7.05. The third-order valence-corrected chi connectivity index (χ3v) is 5.71. The van der Waals surface area contributed by atoms with Gasteiger partial charge in [0.1, 0.15) is 18.0 Å². The molecule has 6 nitrogen and oxygen atoms in total. The average Bonchev–Trinajstić information content (AvgIpc) is 3.25. The van der Waals surface area contributed by atoms with Gasteiger partial charge in [-0.2, -0.15) is 5.10 Å². The van der Waals surface area contributed by atoms with Crippen LogP contribution in [-0.4, -0.2) is 52.7 Å². The molecule has 1 aromatic carbocycles. The maximum absolute atomic E-state index is 14.2. The molecule has 1 saturated heterocycles. The highest BCUT2D eigenvalue weighted by Gasteiger charge is 2.46. The molecule has 138 valence electrons. The van der Waals surface area contributed by atoms with Crippen LogP contribution in [0, 0.1) is 5.82 Å². The lowest BCUT2D eigenvalue weighted by molar-refractivity contribution is 0.298. The number of aromatic nitrogens is 3. The lowest BCUT2D eigenvalue weighted by Gasteiger charge is -2.34. The number of aromatic amines is 1. The van der Waals surface area contributed by atoms with Gasteiger partial charge >= 0.3 is 0 Å². The normalized spacial score (nSPS) is 20.2. The van der Waals surface area contributed by atoms with Crippen molar-refractivity contribution in [2.24, 2.45) is 4.99 Å². The van der Waals surface area contributed by atoms with Crippen LogP contribution in [0.1, 0.15) is 43.0 Å². The number of rotatable bonds is 4. The topological polar surface area (TPSA) is 69.2 Å². The van der Waals surface area contributed by atoms with Crippen molar-refractivity contribution in [1.82, 2.24) is 25.4 Å². The van der Waals surface area contributed by atoms with Crippen molar-refractivity contribution in [2.45, 2.75) is 37.0 Å². The van der Waals surface area contributed by atoms with E-state index in [-0.39, 0.29) is 11.2 Å². The molecule has 0 unspecified atom stereocenters. The van der Waals surface area contributed by atoms with E-state index >= 15 is 0 Å². The highest BCUT2D eigenvalue weighted by Crippen LogP contribution is 2.48. The molecule has 1 saturated carbocycles. The quantitative estimate of drug-likeness (QED) is 0.652. The summed E-state index contributed by atoms with van der Waals surface area (Å²) in [7, 11) is 1.81. The summed E-state index contributed by atoms with van der Waals surface area (Å²) in [4.78, 5) is 11.0. The molecule has 26 heavy (non-hydrogen) atoms. The Hall–Kier alpha value is -2.44. The third-order valence-electron chi connectivity index (χ3n) is 5.71. The van der Waals surface area contributed by atoms with Gasteiger partial charge in [0.05, 0.1) is 0 Å². The number of aliphatic imine (C=N–C) groups is 1. The molecule has 1 aliphatic heterocycles. The molecular weight excluding hydrogens is 331 g/mol. The van der Waals surface area contributed by atoms with Crippen LogP contribution in [0.5, 0.6) is 0 Å². The fraction of sp³-hybridized carbons (Fsp3) is 0.526. The summed E-state index contributed by atoms with van der Waals surface area (Å²) < 4.78 is 14.2. The van der Waals surface area contributed by atoms with Crippen molar-refractivity contribution in [3.63, 3.8) is 0 Å². The van der Waals surface area contributed by atoms with Gasteiger partial charge in [0.25, 0.3) is 0 Å². The van der Waals surface area contributed by atoms with Gasteiger partial charge in [-0.1, -0.05) is 18.2 Å². The van der Waals surface area contributed by atoms with E-state index in [4.69, 9.17) is 0 Å². The highest BCUT2D eigenvalue weighted by atomic mass is 19.1. The number of likely N-dealkylation sites (tertiary alicyclic amines) is 1. The number of piperidine rings is 1. The number of benzene rings is 1. The van der Waals surface area contributed by atoms with Gasteiger partial charge in [0.15, 0.2) is 5.96 Å². The average molecular weight is 356 g/mol. The number of nitrogens with one attached hydrogen (secondary N) is 2. The van der Waals surface area contributed by atoms with Crippen molar-refractivity contribution in [2.75, 3.05) is 26.7 Å². The molecule has 0 amide bonds. The van der Waals surface area contributed by atoms with Gasteiger partial charge in [-0.3, -0.25) is 10.1 Å². The van der Waals surface area contributed by atoms with Crippen LogP contribution in [0.15, 0.2) is 35.6 Å². The maximum Gasteiger partial charge on any atom is 0.193 e. The lowest BCUT2D eigenvalue weighted by Crippen LogP contribution is -2.47. The van der Waals surface area contributed by atoms with Gasteiger partial charge in [-0.15, -0.1) is 0 Å². The number of hydrogen-bond donors (Lipinski definition) is 2. The fourth-order valence-electron chi connectivity index (χ4n) is 3.94. The van der Waals surface area contributed by atoms with E-state index in [1.165, 1.54) is 0 Å². The molecule has 2 aromatic rings. The Morgan fingerprint density at radius 3 is 2.73 bits per heavy atom. The molecule has 0 atom stereocenters. The summed E-state index contributed by atoms with van der Waals surface area (Å²) in [6.45, 7) is 2.58. The maximum atomic E-state index is 14.2. The Labute approximate surface area is 152 Å². The van der Waals surface area contributed by atoms with Crippen LogP contribution in [0.3, 0.4) is 0 Å². The fourth-order valence-corrected chi connectivity index (χ4v) is 3.94. The predicted octanol–water partition coefficient (Wildman–Crippen LogP) is 2.43. The Morgan fingerprint density at radius 2 is 2.12 bits per heavy atom. The number of hydrogen-bond acceptors (Lipinski definition) is 3. The molecule has 1 aromatic heterocycles. The van der Waals surface area contributed by atoms with E-state index in [0.29, 0.717) is 5.92 Å². The first-order valence-corrected chi connectivity index (χ1v) is 9.28. The minimum atomic E-state index is -0.102. The molecule has 2 fully saturated rings. The van der Waals surface area contributed by atoms with Crippen molar-refractivity contribution in [3.8, 4) is 0 Å². The van der Waals surface area contributed by atoms with Crippen LogP contribution in [-0.2, 0) is 5.41 Å². The molecular formula is C19H25FN6. The summed E-state index contributed by atoms with van der Waals surface area (Å²) in [5.74, 6) is 2.21. The minimum Gasteiger partial charge on any atom is -0.355 e. The zero-order valence-corrected chi connectivity index (χ0v) is 15.1. The highest BCUT2D eigenvalue weighted by molar-refractivity contribution is 5.80. The first kappa shape index (κ1) is 17.0. The Morgan fingerprint density at radius 1 is 1.35 bits per heavy atom. The van der Waals surface area contributed by atoms with Crippen LogP contribution in [0.4, 0.5) is 4.39 Å². The summed E-state index contributed by atoms with van der Waals surface area (Å²) in [5, 5.41) is 10.4. The van der Waals surface area contributed by atoms with Gasteiger partial charge < -0.3 is 10.2 Å². The number of guanidine groups is 1. The molecule has 2 heterocycles. The largest absolute Gasteiger partial charge is 0.355 e. The zero-order chi connectivity index (χ0) is 18.0. The minimum absolute atomic E-state index is 0.0839. The molecule has 2 N–H and O–H groups in total. The molecule has 0 radical (unpaired) electrons. The number of H-pyrrole nitrogens is 1. The Bertz CT molecular complexity index is 760. The van der Waals surface area contributed by atoms with Gasteiger partial charge in [-0.25, -0.2) is 9.37 Å². The monoisotopic (exact) mass is 356 g/mol. The van der Waals surface area contributed by atoms with E-state index in [0.717, 1.165) is 62.7 Å². The summed E-state index contributed by atoms with van der Waals surface area (Å²) in [6.07, 6.45) is 5.65. The first-order chi connectivity index (χ1) is 12.7. The van der Waals surface area contributed by atoms with Crippen molar-refractivity contribution in [1.29, 1.82) is 0 Å². The van der Waals surface area contributed by atoms with E-state index in [2.05, 4.69) is 30.4 Å². The SMILES string of the molecule is CN=C(NCC1(c2ccccc2F)CC1)N1CCC(c2ncn[nH]2)CC1. The van der Waals surface area contributed by atoms with Crippen molar-refractivity contribution < 1.29 is 4.39 Å². The summed E-state index contributed by atoms with van der Waals surface area (Å²) >= 11 is 0. The molecule has 4 rings (SSSR count).